The summed E-state index contributed by atoms with van der Waals surface area (Å²) in [5.74, 6) is 0. The summed E-state index contributed by atoms with van der Waals surface area (Å²) >= 11 is 0. The van der Waals surface area contributed by atoms with Crippen LogP contribution >= 0.6 is 0 Å². The first kappa shape index (κ1) is 32.9. The number of nitrogens with zero attached hydrogens (tertiary/aromatic N) is 1. The Morgan fingerprint density at radius 2 is 0.667 bits per heavy atom. The topological polar surface area (TPSA) is 3.24 Å². The molecule has 0 aliphatic rings. The summed E-state index contributed by atoms with van der Waals surface area (Å²) in [6, 6.07) is 81.9. The average Bonchev–Trinajstić information content (AvgIpc) is 3.29. The molecule has 1 nitrogen and oxygen atoms in total. The summed E-state index contributed by atoms with van der Waals surface area (Å²) in [4.78, 5) is 2.40. The first-order chi connectivity index (χ1) is 28.3. The van der Waals surface area contributed by atoms with Crippen molar-refractivity contribution in [2.75, 3.05) is 4.90 Å². The van der Waals surface area contributed by atoms with E-state index in [9.17, 15) is 0 Å². The lowest BCUT2D eigenvalue weighted by molar-refractivity contribution is 1.28. The number of hydrogen-bond acceptors (Lipinski definition) is 1. The first-order valence-electron chi connectivity index (χ1n) is 19.7. The normalized spacial score (nSPS) is 11.5. The van der Waals surface area contributed by atoms with Gasteiger partial charge in [0.25, 0.3) is 0 Å². The average molecular weight is 724 g/mol. The zero-order chi connectivity index (χ0) is 37.7. The Morgan fingerprint density at radius 3 is 1.42 bits per heavy atom. The third kappa shape index (κ3) is 5.63. The summed E-state index contributed by atoms with van der Waals surface area (Å²) in [6.07, 6.45) is 0. The van der Waals surface area contributed by atoms with E-state index in [1.165, 1.54) is 87.2 Å². The van der Waals surface area contributed by atoms with Gasteiger partial charge in [0.2, 0.25) is 0 Å². The fourth-order valence-corrected chi connectivity index (χ4v) is 8.94. The number of rotatable bonds is 6. The Hall–Kier alpha value is -7.48. The highest BCUT2D eigenvalue weighted by Crippen LogP contribution is 2.43. The molecule has 0 aliphatic heterocycles. The zero-order valence-corrected chi connectivity index (χ0v) is 31.3. The Bertz CT molecular complexity index is 3270. The largest absolute Gasteiger partial charge is 0.310 e. The molecule has 0 bridgehead atoms. The molecule has 0 aliphatic carbocycles. The molecule has 11 rings (SSSR count). The second-order valence-corrected chi connectivity index (χ2v) is 14.9. The van der Waals surface area contributed by atoms with Crippen LogP contribution in [0, 0.1) is 0 Å². The Labute approximate surface area is 332 Å². The minimum atomic E-state index is 1.10. The van der Waals surface area contributed by atoms with Crippen molar-refractivity contribution in [3.63, 3.8) is 0 Å². The van der Waals surface area contributed by atoms with Crippen molar-refractivity contribution >= 4 is 70.9 Å². The van der Waals surface area contributed by atoms with Gasteiger partial charge in [0, 0.05) is 16.9 Å². The van der Waals surface area contributed by atoms with Crippen LogP contribution in [0.2, 0.25) is 0 Å². The van der Waals surface area contributed by atoms with Gasteiger partial charge in [-0.05, 0) is 118 Å². The maximum Gasteiger partial charge on any atom is 0.0540 e. The van der Waals surface area contributed by atoms with Crippen molar-refractivity contribution < 1.29 is 0 Å². The lowest BCUT2D eigenvalue weighted by Crippen LogP contribution is -2.11. The van der Waals surface area contributed by atoms with Gasteiger partial charge in [0.05, 0.1) is 5.69 Å². The number of fused-ring (bicyclic) bond motifs is 8. The molecule has 0 unspecified atom stereocenters. The lowest BCUT2D eigenvalue weighted by atomic mass is 9.92. The van der Waals surface area contributed by atoms with Crippen molar-refractivity contribution in [2.45, 2.75) is 0 Å². The third-order valence-electron chi connectivity index (χ3n) is 11.7. The predicted molar refractivity (Wildman–Crippen MR) is 245 cm³/mol. The van der Waals surface area contributed by atoms with Crippen LogP contribution in [0.4, 0.5) is 17.1 Å². The molecular weight excluding hydrogens is 687 g/mol. The maximum absolute atomic E-state index is 2.40. The molecule has 1 heteroatoms. The molecule has 11 aromatic carbocycles. The minimum Gasteiger partial charge on any atom is -0.310 e. The van der Waals surface area contributed by atoms with E-state index < -0.39 is 0 Å². The molecule has 57 heavy (non-hydrogen) atoms. The first-order valence-corrected chi connectivity index (χ1v) is 19.7. The summed E-state index contributed by atoms with van der Waals surface area (Å²) in [5, 5.41) is 12.8. The highest BCUT2D eigenvalue weighted by atomic mass is 15.1. The Kier molecular flexibility index (Phi) is 7.89. The number of para-hydroxylation sites is 1. The van der Waals surface area contributed by atoms with E-state index in [0.29, 0.717) is 0 Å². The van der Waals surface area contributed by atoms with Crippen LogP contribution in [0.1, 0.15) is 0 Å². The van der Waals surface area contributed by atoms with E-state index in [-0.39, 0.29) is 0 Å². The highest BCUT2D eigenvalue weighted by molar-refractivity contribution is 6.19. The van der Waals surface area contributed by atoms with Gasteiger partial charge in [-0.2, -0.15) is 0 Å². The molecule has 0 spiro atoms. The molecule has 0 radical (unpaired) electrons. The minimum absolute atomic E-state index is 1.10. The zero-order valence-electron chi connectivity index (χ0n) is 31.3. The van der Waals surface area contributed by atoms with Crippen molar-refractivity contribution in [1.29, 1.82) is 0 Å². The maximum atomic E-state index is 2.40. The van der Waals surface area contributed by atoms with E-state index in [1.54, 1.807) is 0 Å². The third-order valence-corrected chi connectivity index (χ3v) is 11.7. The lowest BCUT2D eigenvalue weighted by Gasteiger charge is -2.28. The fourth-order valence-electron chi connectivity index (χ4n) is 8.94. The van der Waals surface area contributed by atoms with E-state index in [2.05, 4.69) is 229 Å². The summed E-state index contributed by atoms with van der Waals surface area (Å²) < 4.78 is 0. The number of hydrogen-bond donors (Lipinski definition) is 0. The molecule has 0 atom stereocenters. The quantitative estimate of drug-likeness (QED) is 0.154. The van der Waals surface area contributed by atoms with E-state index in [4.69, 9.17) is 0 Å². The van der Waals surface area contributed by atoms with E-state index in [0.717, 1.165) is 17.1 Å². The van der Waals surface area contributed by atoms with Crippen LogP contribution in [0.15, 0.2) is 224 Å². The monoisotopic (exact) mass is 723 g/mol. The number of anilines is 3. The number of benzene rings is 11. The molecule has 0 amide bonds. The molecule has 0 heterocycles. The van der Waals surface area contributed by atoms with Crippen LogP contribution in [0.5, 0.6) is 0 Å². The molecule has 0 N–H and O–H groups in total. The second kappa shape index (κ2) is 13.7. The van der Waals surface area contributed by atoms with Crippen molar-refractivity contribution in [3.8, 4) is 33.4 Å². The molecular formula is C56H37N. The van der Waals surface area contributed by atoms with Gasteiger partial charge >= 0.3 is 0 Å². The van der Waals surface area contributed by atoms with Gasteiger partial charge in [-0.25, -0.2) is 0 Å². The van der Waals surface area contributed by atoms with E-state index >= 15 is 0 Å². The Morgan fingerprint density at radius 1 is 0.228 bits per heavy atom. The predicted octanol–water partition coefficient (Wildman–Crippen LogP) is 15.9. The van der Waals surface area contributed by atoms with Gasteiger partial charge in [-0.3, -0.25) is 0 Å². The molecule has 266 valence electrons. The van der Waals surface area contributed by atoms with Crippen LogP contribution < -0.4 is 4.90 Å². The van der Waals surface area contributed by atoms with Gasteiger partial charge < -0.3 is 4.90 Å². The smallest absolute Gasteiger partial charge is 0.0540 e. The molecule has 11 aromatic rings. The highest BCUT2D eigenvalue weighted by Gasteiger charge is 2.18. The van der Waals surface area contributed by atoms with Crippen molar-refractivity contribution in [2.24, 2.45) is 0 Å². The van der Waals surface area contributed by atoms with Gasteiger partial charge in [0.15, 0.2) is 0 Å². The summed E-state index contributed by atoms with van der Waals surface area (Å²) in [7, 11) is 0. The van der Waals surface area contributed by atoms with Crippen molar-refractivity contribution in [1.82, 2.24) is 0 Å². The van der Waals surface area contributed by atoms with Gasteiger partial charge in [-0.15, -0.1) is 0 Å². The Balaban J connectivity index is 1.03. The fraction of sp³-hybridized carbons (Fsp3) is 0. The molecule has 0 aromatic heterocycles. The molecule has 0 saturated carbocycles. The summed E-state index contributed by atoms with van der Waals surface area (Å²) in [6.45, 7) is 0. The van der Waals surface area contributed by atoms with Gasteiger partial charge in [0.1, 0.15) is 0 Å². The molecule has 0 saturated heterocycles. The van der Waals surface area contributed by atoms with Gasteiger partial charge in [-0.1, -0.05) is 188 Å². The SMILES string of the molecule is c1ccc(-c2ccccc2N(c2ccc(-c3cc4ccccc4c4ccccc34)cc2)c2ccc(-c3cccc4c3ccc3c5ccccc5ccc43)cc2)cc1. The van der Waals surface area contributed by atoms with Crippen LogP contribution in [0.25, 0.3) is 87.2 Å². The van der Waals surface area contributed by atoms with Crippen molar-refractivity contribution in [3.05, 3.63) is 224 Å². The standard InChI is InChI=1S/C56H37N/c1-2-13-38(14-3-1)48-19-10-11-24-56(48)57(44-32-27-41(28-33-44)55-37-42-16-5-7-18-47(42)49-20-8-9-21-51(49)55)43-30-25-40(26-31-43)46-22-12-23-50-52(46)35-36-53-45-17-6-4-15-39(45)29-34-54(50)53/h1-37H. The molecule has 0 fully saturated rings. The van der Waals surface area contributed by atoms with Crippen LogP contribution in [-0.4, -0.2) is 0 Å². The van der Waals surface area contributed by atoms with Crippen LogP contribution in [0.3, 0.4) is 0 Å². The van der Waals surface area contributed by atoms with E-state index in [1.807, 2.05) is 0 Å². The van der Waals surface area contributed by atoms with Crippen LogP contribution in [-0.2, 0) is 0 Å². The second-order valence-electron chi connectivity index (χ2n) is 14.9. The summed E-state index contributed by atoms with van der Waals surface area (Å²) in [5.41, 5.74) is 10.6.